The minimum atomic E-state index is -1.60. The van der Waals surface area contributed by atoms with Crippen molar-refractivity contribution < 1.29 is 13.2 Å². The summed E-state index contributed by atoms with van der Waals surface area (Å²) in [6, 6.07) is 2.15. The van der Waals surface area contributed by atoms with Gasteiger partial charge in [-0.3, -0.25) is 4.79 Å². The molecule has 2 nitrogen and oxygen atoms in total. The second kappa shape index (κ2) is 4.40. The monoisotopic (exact) mass is 267 g/mol. The largest absolute Gasteiger partial charge is 0.358 e. The lowest BCUT2D eigenvalue weighted by Crippen LogP contribution is -2.11. The van der Waals surface area contributed by atoms with Gasteiger partial charge in [0.1, 0.15) is 0 Å². The maximum Gasteiger partial charge on any atom is 0.195 e. The highest BCUT2D eigenvalue weighted by atomic mass is 19.2. The third-order valence-corrected chi connectivity index (χ3v) is 3.77. The van der Waals surface area contributed by atoms with Crippen molar-refractivity contribution in [3.05, 3.63) is 45.5 Å². The Kier molecular flexibility index (Phi) is 2.84. The molecule has 0 aliphatic heterocycles. The highest BCUT2D eigenvalue weighted by Crippen LogP contribution is 2.33. The van der Waals surface area contributed by atoms with Gasteiger partial charge in [0.2, 0.25) is 0 Å². The van der Waals surface area contributed by atoms with E-state index >= 15 is 0 Å². The molecule has 1 N–H and O–H groups in total. The number of aromatic nitrogens is 1. The molecule has 19 heavy (non-hydrogen) atoms. The molecule has 0 saturated heterocycles. The van der Waals surface area contributed by atoms with Gasteiger partial charge in [-0.15, -0.1) is 0 Å². The van der Waals surface area contributed by atoms with Crippen molar-refractivity contribution in [1.82, 2.24) is 4.98 Å². The molecule has 0 amide bonds. The van der Waals surface area contributed by atoms with E-state index in [1.807, 2.05) is 0 Å². The van der Waals surface area contributed by atoms with Crippen molar-refractivity contribution in [2.45, 2.75) is 31.6 Å². The molecule has 1 aromatic heterocycles. The van der Waals surface area contributed by atoms with Gasteiger partial charge in [0, 0.05) is 17.8 Å². The molecule has 1 aliphatic carbocycles. The third kappa shape index (κ3) is 1.93. The zero-order chi connectivity index (χ0) is 13.6. The van der Waals surface area contributed by atoms with E-state index in [9.17, 15) is 18.0 Å². The molecule has 0 bridgehead atoms. The summed E-state index contributed by atoms with van der Waals surface area (Å²) in [5.41, 5.74) is 0.0956. The fourth-order valence-electron chi connectivity index (χ4n) is 2.80. The van der Waals surface area contributed by atoms with E-state index in [1.165, 1.54) is 6.07 Å². The standard InChI is InChI=1S/C14H12F3NO/c15-8-5-10-12(14(17)13(8)16)11(19)6-9(18-10)7-3-1-2-4-7/h5-7H,1-4H2,(H,18,19). The van der Waals surface area contributed by atoms with Gasteiger partial charge in [0.05, 0.1) is 10.9 Å². The number of benzene rings is 1. The summed E-state index contributed by atoms with van der Waals surface area (Å²) < 4.78 is 39.9. The molecule has 1 heterocycles. The first-order valence-corrected chi connectivity index (χ1v) is 6.28. The van der Waals surface area contributed by atoms with Crippen LogP contribution in [0.2, 0.25) is 0 Å². The summed E-state index contributed by atoms with van der Waals surface area (Å²) >= 11 is 0. The number of hydrogen-bond acceptors (Lipinski definition) is 1. The van der Waals surface area contributed by atoms with Crippen LogP contribution >= 0.6 is 0 Å². The maximum atomic E-state index is 13.6. The zero-order valence-electron chi connectivity index (χ0n) is 10.1. The molecule has 3 rings (SSSR count). The minimum absolute atomic E-state index is 0.0193. The Bertz CT molecular complexity index is 702. The molecule has 1 aromatic carbocycles. The molecule has 2 aromatic rings. The molecule has 0 radical (unpaired) electrons. The van der Waals surface area contributed by atoms with Crippen LogP contribution in [-0.4, -0.2) is 4.98 Å². The quantitative estimate of drug-likeness (QED) is 0.787. The average Bonchev–Trinajstić information content (AvgIpc) is 2.89. The molecule has 1 aliphatic rings. The summed E-state index contributed by atoms with van der Waals surface area (Å²) in [5.74, 6) is -4.10. The molecular formula is C14H12F3NO. The van der Waals surface area contributed by atoms with Crippen molar-refractivity contribution in [3.63, 3.8) is 0 Å². The summed E-state index contributed by atoms with van der Waals surface area (Å²) in [5, 5.41) is -0.416. The van der Waals surface area contributed by atoms with E-state index in [0.717, 1.165) is 31.7 Å². The van der Waals surface area contributed by atoms with Crippen molar-refractivity contribution in [3.8, 4) is 0 Å². The zero-order valence-corrected chi connectivity index (χ0v) is 10.1. The first-order valence-electron chi connectivity index (χ1n) is 6.28. The molecule has 100 valence electrons. The molecule has 0 unspecified atom stereocenters. The van der Waals surface area contributed by atoms with Crippen molar-refractivity contribution in [2.24, 2.45) is 0 Å². The average molecular weight is 267 g/mol. The molecule has 1 fully saturated rings. The fraction of sp³-hybridized carbons (Fsp3) is 0.357. The lowest BCUT2D eigenvalue weighted by Gasteiger charge is -2.11. The van der Waals surface area contributed by atoms with Crippen LogP contribution in [-0.2, 0) is 0 Å². The van der Waals surface area contributed by atoms with Crippen molar-refractivity contribution >= 4 is 10.9 Å². The third-order valence-electron chi connectivity index (χ3n) is 3.77. The van der Waals surface area contributed by atoms with Crippen LogP contribution in [0.5, 0.6) is 0 Å². The number of hydrogen-bond donors (Lipinski definition) is 1. The van der Waals surface area contributed by atoms with Crippen LogP contribution < -0.4 is 5.43 Å². The van der Waals surface area contributed by atoms with E-state index in [0.29, 0.717) is 5.69 Å². The Balaban J connectivity index is 2.26. The number of nitrogens with one attached hydrogen (secondary N) is 1. The van der Waals surface area contributed by atoms with Gasteiger partial charge in [0.25, 0.3) is 0 Å². The van der Waals surface area contributed by atoms with Crippen LogP contribution in [0, 0.1) is 17.5 Å². The van der Waals surface area contributed by atoms with Crippen LogP contribution in [0.4, 0.5) is 13.2 Å². The van der Waals surface area contributed by atoms with E-state index in [4.69, 9.17) is 0 Å². The number of aromatic amines is 1. The lowest BCUT2D eigenvalue weighted by atomic mass is 10.0. The Hall–Kier alpha value is -1.78. The molecule has 0 spiro atoms. The predicted molar refractivity (Wildman–Crippen MR) is 65.7 cm³/mol. The highest BCUT2D eigenvalue weighted by molar-refractivity contribution is 5.79. The minimum Gasteiger partial charge on any atom is -0.358 e. The lowest BCUT2D eigenvalue weighted by molar-refractivity contribution is 0.453. The van der Waals surface area contributed by atoms with Crippen LogP contribution in [0.3, 0.4) is 0 Å². The van der Waals surface area contributed by atoms with Gasteiger partial charge in [-0.2, -0.15) is 0 Å². The van der Waals surface area contributed by atoms with Gasteiger partial charge >= 0.3 is 0 Å². The molecule has 5 heteroatoms. The van der Waals surface area contributed by atoms with E-state index < -0.39 is 28.3 Å². The normalized spacial score (nSPS) is 16.4. The summed E-state index contributed by atoms with van der Waals surface area (Å²) in [6.07, 6.45) is 4.06. The van der Waals surface area contributed by atoms with Gasteiger partial charge in [-0.25, -0.2) is 13.2 Å². The molecule has 0 atom stereocenters. The summed E-state index contributed by atoms with van der Waals surface area (Å²) in [4.78, 5) is 14.8. The summed E-state index contributed by atoms with van der Waals surface area (Å²) in [7, 11) is 0. The fourth-order valence-corrected chi connectivity index (χ4v) is 2.80. The SMILES string of the molecule is O=c1cc(C2CCCC2)[nH]c2cc(F)c(F)c(F)c12. The first-order chi connectivity index (χ1) is 9.08. The number of H-pyrrole nitrogens is 1. The topological polar surface area (TPSA) is 32.9 Å². The van der Waals surface area contributed by atoms with E-state index in [2.05, 4.69) is 4.98 Å². The van der Waals surface area contributed by atoms with Gasteiger partial charge in [0.15, 0.2) is 22.9 Å². The van der Waals surface area contributed by atoms with Gasteiger partial charge < -0.3 is 4.98 Å². The predicted octanol–water partition coefficient (Wildman–Crippen LogP) is 3.60. The summed E-state index contributed by atoms with van der Waals surface area (Å²) in [6.45, 7) is 0. The van der Waals surface area contributed by atoms with Gasteiger partial charge in [-0.05, 0) is 18.8 Å². The van der Waals surface area contributed by atoms with Crippen LogP contribution in [0.1, 0.15) is 37.3 Å². The second-order valence-electron chi connectivity index (χ2n) is 4.98. The Morgan fingerprint density at radius 2 is 1.74 bits per heavy atom. The maximum absolute atomic E-state index is 13.6. The Labute approximate surface area is 107 Å². The molecular weight excluding hydrogens is 255 g/mol. The van der Waals surface area contributed by atoms with E-state index in [1.54, 1.807) is 0 Å². The first kappa shape index (κ1) is 12.3. The van der Waals surface area contributed by atoms with Crippen molar-refractivity contribution in [2.75, 3.05) is 0 Å². The van der Waals surface area contributed by atoms with Crippen molar-refractivity contribution in [1.29, 1.82) is 0 Å². The van der Waals surface area contributed by atoms with Gasteiger partial charge in [-0.1, -0.05) is 12.8 Å². The van der Waals surface area contributed by atoms with Crippen LogP contribution in [0.15, 0.2) is 16.9 Å². The van der Waals surface area contributed by atoms with Crippen LogP contribution in [0.25, 0.3) is 10.9 Å². The number of pyridine rings is 1. The smallest absolute Gasteiger partial charge is 0.195 e. The number of rotatable bonds is 1. The highest BCUT2D eigenvalue weighted by Gasteiger charge is 2.21. The Morgan fingerprint density at radius 3 is 2.42 bits per heavy atom. The second-order valence-corrected chi connectivity index (χ2v) is 4.98. The molecule has 1 saturated carbocycles. The number of fused-ring (bicyclic) bond motifs is 1. The van der Waals surface area contributed by atoms with E-state index in [-0.39, 0.29) is 11.4 Å². The Morgan fingerprint density at radius 1 is 1.05 bits per heavy atom. The number of halogens is 3.